The van der Waals surface area contributed by atoms with Crippen LogP contribution in [0.2, 0.25) is 0 Å². The first kappa shape index (κ1) is 22.6. The SMILES string of the molecule is O=C(COc1ccccc1-c1ccccc1)NNC(=O)CSCC(=O)N1CCOCC1. The molecule has 1 aliphatic rings. The maximum atomic E-state index is 12.0. The fraction of sp³-hybridized carbons (Fsp3) is 0.318. The van der Waals surface area contributed by atoms with Gasteiger partial charge in [0.15, 0.2) is 6.61 Å². The first-order chi connectivity index (χ1) is 15.1. The number of ether oxygens (including phenoxy) is 2. The molecule has 1 heterocycles. The fourth-order valence-electron chi connectivity index (χ4n) is 2.94. The summed E-state index contributed by atoms with van der Waals surface area (Å²) in [6.45, 7) is 2.00. The molecule has 164 valence electrons. The summed E-state index contributed by atoms with van der Waals surface area (Å²) in [4.78, 5) is 37.7. The molecule has 0 bridgehead atoms. The lowest BCUT2D eigenvalue weighted by Gasteiger charge is -2.26. The summed E-state index contributed by atoms with van der Waals surface area (Å²) in [5.74, 6) is -0.0409. The molecule has 2 aromatic carbocycles. The van der Waals surface area contributed by atoms with Gasteiger partial charge in [0.25, 0.3) is 5.91 Å². The van der Waals surface area contributed by atoms with Crippen molar-refractivity contribution in [2.75, 3.05) is 44.4 Å². The lowest BCUT2D eigenvalue weighted by atomic mass is 10.1. The van der Waals surface area contributed by atoms with Gasteiger partial charge in [0.1, 0.15) is 5.75 Å². The molecule has 0 radical (unpaired) electrons. The topological polar surface area (TPSA) is 97.0 Å². The summed E-state index contributed by atoms with van der Waals surface area (Å²) in [6, 6.07) is 17.2. The second kappa shape index (κ2) is 12.0. The Morgan fingerprint density at radius 3 is 2.35 bits per heavy atom. The molecule has 31 heavy (non-hydrogen) atoms. The molecule has 0 saturated carbocycles. The zero-order valence-electron chi connectivity index (χ0n) is 17.0. The number of hydrogen-bond acceptors (Lipinski definition) is 6. The van der Waals surface area contributed by atoms with E-state index in [0.717, 1.165) is 11.1 Å². The molecule has 0 unspecified atom stereocenters. The number of morpholine rings is 1. The Morgan fingerprint density at radius 1 is 0.903 bits per heavy atom. The van der Waals surface area contributed by atoms with E-state index in [9.17, 15) is 14.4 Å². The second-order valence-electron chi connectivity index (χ2n) is 6.73. The average molecular weight is 444 g/mol. The first-order valence-corrected chi connectivity index (χ1v) is 11.1. The number of hydrogen-bond donors (Lipinski definition) is 2. The minimum Gasteiger partial charge on any atom is -0.483 e. The first-order valence-electron chi connectivity index (χ1n) is 9.91. The largest absolute Gasteiger partial charge is 0.483 e. The van der Waals surface area contributed by atoms with Crippen molar-refractivity contribution in [3.8, 4) is 16.9 Å². The Balaban J connectivity index is 1.36. The summed E-state index contributed by atoms with van der Waals surface area (Å²) in [5.41, 5.74) is 6.52. The Morgan fingerprint density at radius 2 is 1.58 bits per heavy atom. The number of nitrogens with one attached hydrogen (secondary N) is 2. The highest BCUT2D eigenvalue weighted by Gasteiger charge is 2.17. The van der Waals surface area contributed by atoms with Crippen molar-refractivity contribution < 1.29 is 23.9 Å². The van der Waals surface area contributed by atoms with Crippen LogP contribution in [0.4, 0.5) is 0 Å². The number of carbonyl (C=O) groups excluding carboxylic acids is 3. The maximum Gasteiger partial charge on any atom is 0.276 e. The summed E-state index contributed by atoms with van der Waals surface area (Å²) in [5, 5.41) is 0. The van der Waals surface area contributed by atoms with E-state index >= 15 is 0 Å². The minimum absolute atomic E-state index is 0.0179. The summed E-state index contributed by atoms with van der Waals surface area (Å²) in [7, 11) is 0. The molecular weight excluding hydrogens is 418 g/mol. The monoisotopic (exact) mass is 443 g/mol. The third-order valence-electron chi connectivity index (χ3n) is 4.49. The quantitative estimate of drug-likeness (QED) is 0.600. The van der Waals surface area contributed by atoms with E-state index < -0.39 is 11.8 Å². The van der Waals surface area contributed by atoms with Crippen molar-refractivity contribution in [3.63, 3.8) is 0 Å². The normalized spacial score (nSPS) is 13.4. The molecule has 0 atom stereocenters. The van der Waals surface area contributed by atoms with E-state index in [-0.39, 0.29) is 24.0 Å². The number of carbonyl (C=O) groups is 3. The van der Waals surface area contributed by atoms with Gasteiger partial charge in [-0.2, -0.15) is 0 Å². The summed E-state index contributed by atoms with van der Waals surface area (Å²) >= 11 is 1.20. The highest BCUT2D eigenvalue weighted by Crippen LogP contribution is 2.29. The molecule has 8 nitrogen and oxygen atoms in total. The van der Waals surface area contributed by atoms with Gasteiger partial charge in [-0.15, -0.1) is 11.8 Å². The number of hydrazine groups is 1. The van der Waals surface area contributed by atoms with Gasteiger partial charge in [-0.3, -0.25) is 25.2 Å². The van der Waals surface area contributed by atoms with Gasteiger partial charge in [0, 0.05) is 18.7 Å². The molecule has 3 rings (SSSR count). The maximum absolute atomic E-state index is 12.0. The van der Waals surface area contributed by atoms with Crippen molar-refractivity contribution >= 4 is 29.5 Å². The van der Waals surface area contributed by atoms with E-state index in [0.29, 0.717) is 32.1 Å². The van der Waals surface area contributed by atoms with Crippen LogP contribution >= 0.6 is 11.8 Å². The van der Waals surface area contributed by atoms with Crippen LogP contribution < -0.4 is 15.6 Å². The number of benzene rings is 2. The average Bonchev–Trinajstić information content (AvgIpc) is 2.82. The smallest absolute Gasteiger partial charge is 0.276 e. The van der Waals surface area contributed by atoms with Crippen LogP contribution in [-0.4, -0.2) is 67.0 Å². The summed E-state index contributed by atoms with van der Waals surface area (Å²) in [6.07, 6.45) is 0. The van der Waals surface area contributed by atoms with Gasteiger partial charge < -0.3 is 14.4 Å². The molecule has 3 amide bonds. The molecule has 2 N–H and O–H groups in total. The molecule has 0 aliphatic carbocycles. The van der Waals surface area contributed by atoms with Gasteiger partial charge in [-0.25, -0.2) is 0 Å². The Hall–Kier alpha value is -3.04. The summed E-state index contributed by atoms with van der Waals surface area (Å²) < 4.78 is 10.8. The van der Waals surface area contributed by atoms with Crippen LogP contribution in [0.15, 0.2) is 54.6 Å². The van der Waals surface area contributed by atoms with E-state index in [1.807, 2.05) is 48.5 Å². The van der Waals surface area contributed by atoms with E-state index in [4.69, 9.17) is 9.47 Å². The van der Waals surface area contributed by atoms with Gasteiger partial charge >= 0.3 is 0 Å². The predicted molar refractivity (Wildman–Crippen MR) is 118 cm³/mol. The number of rotatable bonds is 8. The van der Waals surface area contributed by atoms with Crippen molar-refractivity contribution in [1.82, 2.24) is 15.8 Å². The predicted octanol–water partition coefficient (Wildman–Crippen LogP) is 1.47. The highest BCUT2D eigenvalue weighted by atomic mass is 32.2. The zero-order chi connectivity index (χ0) is 21.9. The molecule has 0 spiro atoms. The second-order valence-corrected chi connectivity index (χ2v) is 7.72. The van der Waals surface area contributed by atoms with Crippen molar-refractivity contribution in [2.45, 2.75) is 0 Å². The minimum atomic E-state index is -0.481. The van der Waals surface area contributed by atoms with E-state index in [2.05, 4.69) is 10.9 Å². The Labute approximate surface area is 185 Å². The van der Waals surface area contributed by atoms with Crippen LogP contribution in [0.1, 0.15) is 0 Å². The third kappa shape index (κ3) is 7.30. The Bertz CT molecular complexity index is 888. The molecule has 1 saturated heterocycles. The van der Waals surface area contributed by atoms with E-state index in [1.165, 1.54) is 11.8 Å². The molecule has 0 aromatic heterocycles. The van der Waals surface area contributed by atoms with Crippen molar-refractivity contribution in [3.05, 3.63) is 54.6 Å². The van der Waals surface area contributed by atoms with Gasteiger partial charge in [-0.05, 0) is 11.6 Å². The number of amides is 3. The number of para-hydroxylation sites is 1. The van der Waals surface area contributed by atoms with Crippen molar-refractivity contribution in [1.29, 1.82) is 0 Å². The molecule has 2 aromatic rings. The third-order valence-corrected chi connectivity index (χ3v) is 5.41. The van der Waals surface area contributed by atoms with Gasteiger partial charge in [-0.1, -0.05) is 48.5 Å². The lowest BCUT2D eigenvalue weighted by molar-refractivity contribution is -0.132. The molecule has 1 fully saturated rings. The number of thioether (sulfide) groups is 1. The zero-order valence-corrected chi connectivity index (χ0v) is 17.9. The van der Waals surface area contributed by atoms with Crippen molar-refractivity contribution in [2.24, 2.45) is 0 Å². The Kier molecular flexibility index (Phi) is 8.74. The van der Waals surface area contributed by atoms with Crippen LogP contribution in [0.25, 0.3) is 11.1 Å². The van der Waals surface area contributed by atoms with Gasteiger partial charge in [0.05, 0.1) is 24.7 Å². The van der Waals surface area contributed by atoms with Crippen LogP contribution in [0.5, 0.6) is 5.75 Å². The van der Waals surface area contributed by atoms with Crippen LogP contribution in [0.3, 0.4) is 0 Å². The lowest BCUT2D eigenvalue weighted by Crippen LogP contribution is -2.45. The van der Waals surface area contributed by atoms with Gasteiger partial charge in [0.2, 0.25) is 11.8 Å². The highest BCUT2D eigenvalue weighted by molar-refractivity contribution is 8.00. The molecular formula is C22H25N3O5S. The number of nitrogens with zero attached hydrogens (tertiary/aromatic N) is 1. The van der Waals surface area contributed by atoms with Crippen LogP contribution in [0, 0.1) is 0 Å². The van der Waals surface area contributed by atoms with E-state index in [1.54, 1.807) is 11.0 Å². The molecule has 9 heteroatoms. The molecule has 1 aliphatic heterocycles. The van der Waals surface area contributed by atoms with Crippen LogP contribution in [-0.2, 0) is 19.1 Å². The fourth-order valence-corrected chi connectivity index (χ4v) is 3.66. The standard InChI is InChI=1S/C22H25N3O5S/c26-20(14-30-19-9-5-4-8-18(19)17-6-2-1-3-7-17)23-24-21(27)15-31-16-22(28)25-10-12-29-13-11-25/h1-9H,10-16H2,(H,23,26)(H,24,27).